The van der Waals surface area contributed by atoms with Crippen LogP contribution < -0.4 is 0 Å². The maximum atomic E-state index is 6.34. The van der Waals surface area contributed by atoms with Crippen LogP contribution in [0.25, 0.3) is 5.57 Å². The van der Waals surface area contributed by atoms with Gasteiger partial charge in [0.1, 0.15) is 0 Å². The van der Waals surface area contributed by atoms with E-state index < -0.39 is 0 Å². The second kappa shape index (κ2) is 8.57. The lowest BCUT2D eigenvalue weighted by Gasteiger charge is -2.23. The molecule has 0 aliphatic heterocycles. The van der Waals surface area contributed by atoms with Crippen molar-refractivity contribution in [2.24, 2.45) is 11.8 Å². The largest absolute Gasteiger partial charge is 0.305 e. The molecule has 2 aromatic carbocycles. The molecule has 2 bridgehead atoms. The van der Waals surface area contributed by atoms with Crippen molar-refractivity contribution in [2.45, 2.75) is 32.2 Å². The summed E-state index contributed by atoms with van der Waals surface area (Å²) in [5.41, 5.74) is 6.96. The molecule has 0 radical (unpaired) electrons. The monoisotopic (exact) mass is 421 g/mol. The molecule has 0 amide bonds. The zero-order valence-corrected chi connectivity index (χ0v) is 18.2. The van der Waals surface area contributed by atoms with E-state index in [2.05, 4.69) is 43.3 Å². The van der Waals surface area contributed by atoms with E-state index in [1.54, 1.807) is 5.57 Å². The molecule has 2 fully saturated rings. The third-order valence-corrected chi connectivity index (χ3v) is 6.31. The van der Waals surface area contributed by atoms with Crippen LogP contribution in [0, 0.1) is 11.8 Å². The first-order valence-electron chi connectivity index (χ1n) is 9.44. The number of rotatable bonds is 4. The first-order valence-corrected chi connectivity index (χ1v) is 10.2. The van der Waals surface area contributed by atoms with Gasteiger partial charge in [0.2, 0.25) is 0 Å². The second-order valence-corrected chi connectivity index (χ2v) is 8.90. The molecule has 0 saturated heterocycles. The normalized spacial score (nSPS) is 22.9. The first-order chi connectivity index (χ1) is 12.5. The van der Waals surface area contributed by atoms with Gasteiger partial charge in [0, 0.05) is 16.6 Å². The molecule has 0 aromatic heterocycles. The smallest absolute Gasteiger partial charge is 0.0409 e. The highest BCUT2D eigenvalue weighted by molar-refractivity contribution is 6.31. The van der Waals surface area contributed by atoms with Gasteiger partial charge in [-0.1, -0.05) is 47.0 Å². The molecule has 2 saturated carbocycles. The van der Waals surface area contributed by atoms with Crippen molar-refractivity contribution in [3.05, 3.63) is 74.8 Å². The predicted octanol–water partition coefficient (Wildman–Crippen LogP) is 7.10. The van der Waals surface area contributed by atoms with Crippen molar-refractivity contribution >= 4 is 41.2 Å². The summed E-state index contributed by atoms with van der Waals surface area (Å²) in [6.45, 7) is 0.883. The maximum Gasteiger partial charge on any atom is 0.0409 e. The molecule has 2 aromatic rings. The van der Waals surface area contributed by atoms with Gasteiger partial charge >= 0.3 is 0 Å². The van der Waals surface area contributed by atoms with E-state index in [0.29, 0.717) is 0 Å². The van der Waals surface area contributed by atoms with Crippen LogP contribution >= 0.6 is 35.6 Å². The van der Waals surface area contributed by atoms with E-state index in [0.717, 1.165) is 28.4 Å². The number of hydrogen-bond donors (Lipinski definition) is 0. The fourth-order valence-electron chi connectivity index (χ4n) is 4.77. The van der Waals surface area contributed by atoms with Gasteiger partial charge < -0.3 is 4.90 Å². The molecule has 0 N–H and O–H groups in total. The average molecular weight is 423 g/mol. The summed E-state index contributed by atoms with van der Waals surface area (Å²) in [5, 5.41) is 1.59. The summed E-state index contributed by atoms with van der Waals surface area (Å²) in [5.74, 6) is 1.62. The van der Waals surface area contributed by atoms with Gasteiger partial charge in [-0.3, -0.25) is 0 Å². The predicted molar refractivity (Wildman–Crippen MR) is 119 cm³/mol. The van der Waals surface area contributed by atoms with Crippen LogP contribution in [0.2, 0.25) is 10.0 Å². The van der Waals surface area contributed by atoms with E-state index in [9.17, 15) is 0 Å². The molecule has 0 spiro atoms. The number of fused-ring (bicyclic) bond motifs is 2. The quantitative estimate of drug-likeness (QED) is 0.508. The Morgan fingerprint density at radius 1 is 1.00 bits per heavy atom. The maximum absolute atomic E-state index is 6.34. The number of allylic oxidation sites excluding steroid dienone is 1. The molecule has 1 nitrogen and oxygen atoms in total. The van der Waals surface area contributed by atoms with Gasteiger partial charge in [-0.25, -0.2) is 0 Å². The fourth-order valence-corrected chi connectivity index (χ4v) is 5.09. The highest BCUT2D eigenvalue weighted by Crippen LogP contribution is 2.52. The van der Waals surface area contributed by atoms with Gasteiger partial charge in [0.05, 0.1) is 0 Å². The van der Waals surface area contributed by atoms with Crippen molar-refractivity contribution < 1.29 is 0 Å². The van der Waals surface area contributed by atoms with E-state index in [4.69, 9.17) is 23.2 Å². The van der Waals surface area contributed by atoms with Gasteiger partial charge in [0.25, 0.3) is 0 Å². The Hall–Kier alpha value is -0.990. The minimum atomic E-state index is 0. The Bertz CT molecular complexity index is 839. The van der Waals surface area contributed by atoms with E-state index in [-0.39, 0.29) is 12.4 Å². The van der Waals surface area contributed by atoms with Crippen LogP contribution in [0.1, 0.15) is 42.4 Å². The van der Waals surface area contributed by atoms with Crippen LogP contribution in [0.15, 0.2) is 48.0 Å². The topological polar surface area (TPSA) is 3.24 Å². The molecule has 4 rings (SSSR count). The van der Waals surface area contributed by atoms with Gasteiger partial charge in [0.15, 0.2) is 0 Å². The molecule has 144 valence electrons. The summed E-state index contributed by atoms with van der Waals surface area (Å²) >= 11 is 12.5. The minimum Gasteiger partial charge on any atom is -0.305 e. The van der Waals surface area contributed by atoms with Crippen molar-refractivity contribution in [1.29, 1.82) is 0 Å². The number of benzene rings is 2. The van der Waals surface area contributed by atoms with Gasteiger partial charge in [-0.2, -0.15) is 0 Å². The minimum absolute atomic E-state index is 0. The van der Waals surface area contributed by atoms with Gasteiger partial charge in [-0.05, 0) is 98.1 Å². The number of halogens is 3. The zero-order valence-electron chi connectivity index (χ0n) is 15.8. The van der Waals surface area contributed by atoms with Crippen LogP contribution in [0.3, 0.4) is 0 Å². The molecular weight excluding hydrogens is 397 g/mol. The summed E-state index contributed by atoms with van der Waals surface area (Å²) in [4.78, 5) is 2.21. The van der Waals surface area contributed by atoms with Crippen molar-refractivity contribution in [3.63, 3.8) is 0 Å². The molecule has 2 aliphatic rings. The Kier molecular flexibility index (Phi) is 6.58. The van der Waals surface area contributed by atoms with E-state index >= 15 is 0 Å². The summed E-state index contributed by atoms with van der Waals surface area (Å²) in [7, 11) is 4.22. The molecule has 2 unspecified atom stereocenters. The Morgan fingerprint density at radius 2 is 1.70 bits per heavy atom. The standard InChI is InChI=1S/C23H25Cl2N.ClH/c1-26(2)14-18-13-20(25)9-10-21(18)23(16-5-7-19(24)8-6-16)22-12-15-3-4-17(22)11-15;/h5-10,13,15,17H,3-4,11-12,14H2,1-2H3;1H/b23-22+;. The second-order valence-electron chi connectivity index (χ2n) is 8.03. The van der Waals surface area contributed by atoms with Gasteiger partial charge in [-0.15, -0.1) is 12.4 Å². The molecule has 27 heavy (non-hydrogen) atoms. The fraction of sp³-hybridized carbons (Fsp3) is 0.391. The molecule has 2 atom stereocenters. The summed E-state index contributed by atoms with van der Waals surface area (Å²) in [6.07, 6.45) is 5.34. The Labute approximate surface area is 178 Å². The van der Waals surface area contributed by atoms with Crippen LogP contribution in [-0.4, -0.2) is 19.0 Å². The van der Waals surface area contributed by atoms with Crippen LogP contribution in [0.5, 0.6) is 0 Å². The molecule has 4 heteroatoms. The van der Waals surface area contributed by atoms with E-state index in [1.165, 1.54) is 47.9 Å². The van der Waals surface area contributed by atoms with Crippen LogP contribution in [0.4, 0.5) is 0 Å². The molecular formula is C23H26Cl3N. The summed E-state index contributed by atoms with van der Waals surface area (Å²) in [6, 6.07) is 14.7. The lowest BCUT2D eigenvalue weighted by Crippen LogP contribution is -2.13. The van der Waals surface area contributed by atoms with Crippen molar-refractivity contribution in [1.82, 2.24) is 4.90 Å². The SMILES string of the molecule is CN(C)Cc1cc(Cl)ccc1/C(=C1\CC2CCC1C2)c1ccc(Cl)cc1.Cl. The average Bonchev–Trinajstić information content (AvgIpc) is 3.21. The lowest BCUT2D eigenvalue weighted by molar-refractivity contribution is 0.402. The Balaban J connectivity index is 0.00000210. The zero-order chi connectivity index (χ0) is 18.3. The summed E-state index contributed by atoms with van der Waals surface area (Å²) < 4.78 is 0. The Morgan fingerprint density at radius 3 is 2.30 bits per heavy atom. The van der Waals surface area contributed by atoms with E-state index in [1.807, 2.05) is 18.2 Å². The third-order valence-electron chi connectivity index (χ3n) is 5.82. The first kappa shape index (κ1) is 20.7. The van der Waals surface area contributed by atoms with Crippen molar-refractivity contribution in [3.8, 4) is 0 Å². The lowest BCUT2D eigenvalue weighted by atomic mass is 9.83. The highest BCUT2D eigenvalue weighted by Gasteiger charge is 2.37. The highest BCUT2D eigenvalue weighted by atomic mass is 35.5. The van der Waals surface area contributed by atoms with Crippen molar-refractivity contribution in [2.75, 3.05) is 14.1 Å². The molecule has 2 aliphatic carbocycles. The third kappa shape index (κ3) is 4.38. The van der Waals surface area contributed by atoms with Crippen LogP contribution in [-0.2, 0) is 6.54 Å². The number of hydrogen-bond acceptors (Lipinski definition) is 1. The molecule has 0 heterocycles. The number of nitrogens with zero attached hydrogens (tertiary/aromatic N) is 1.